The van der Waals surface area contributed by atoms with Gasteiger partial charge < -0.3 is 20.5 Å². The van der Waals surface area contributed by atoms with Crippen LogP contribution in [-0.2, 0) is 11.3 Å². The molecule has 5 nitrogen and oxygen atoms in total. The first kappa shape index (κ1) is 14.9. The Labute approximate surface area is 123 Å². The Kier molecular flexibility index (Phi) is 5.17. The van der Waals surface area contributed by atoms with Crippen LogP contribution in [0, 0.1) is 0 Å². The quantitative estimate of drug-likeness (QED) is 0.853. The second kappa shape index (κ2) is 7.31. The average molecular weight is 286 g/mol. The lowest BCUT2D eigenvalue weighted by Gasteiger charge is -2.09. The number of methoxy groups -OCH3 is 1. The first-order valence-corrected chi connectivity index (χ1v) is 6.57. The van der Waals surface area contributed by atoms with Gasteiger partial charge in [-0.2, -0.15) is 0 Å². The average Bonchev–Trinajstić information content (AvgIpc) is 2.53. The fourth-order valence-corrected chi connectivity index (χ4v) is 1.81. The SMILES string of the molecule is COc1cccc(NC(=O)COc2cccc(CN)c2)c1. The number of nitrogens with two attached hydrogens (primary N) is 1. The zero-order valence-electron chi connectivity index (χ0n) is 11.8. The molecule has 2 rings (SSSR count). The molecular formula is C16H18N2O3. The van der Waals surface area contributed by atoms with Crippen molar-refractivity contribution in [3.63, 3.8) is 0 Å². The highest BCUT2D eigenvalue weighted by Crippen LogP contribution is 2.17. The Morgan fingerprint density at radius 3 is 2.67 bits per heavy atom. The molecular weight excluding hydrogens is 268 g/mol. The minimum atomic E-state index is -0.235. The molecule has 0 aromatic heterocycles. The summed E-state index contributed by atoms with van der Waals surface area (Å²) in [5.74, 6) is 1.07. The van der Waals surface area contributed by atoms with Gasteiger partial charge in [0.25, 0.3) is 5.91 Å². The Hall–Kier alpha value is -2.53. The zero-order chi connectivity index (χ0) is 15.1. The van der Waals surface area contributed by atoms with Crippen LogP contribution in [0.25, 0.3) is 0 Å². The molecule has 2 aromatic rings. The molecule has 0 radical (unpaired) electrons. The van der Waals surface area contributed by atoms with Crippen molar-refractivity contribution < 1.29 is 14.3 Å². The molecule has 0 aliphatic rings. The number of carbonyl (C=O) groups excluding carboxylic acids is 1. The van der Waals surface area contributed by atoms with E-state index in [-0.39, 0.29) is 12.5 Å². The molecule has 0 aliphatic carbocycles. The van der Waals surface area contributed by atoms with E-state index in [0.717, 1.165) is 5.56 Å². The molecule has 0 atom stereocenters. The van der Waals surface area contributed by atoms with Crippen molar-refractivity contribution >= 4 is 11.6 Å². The fourth-order valence-electron chi connectivity index (χ4n) is 1.81. The van der Waals surface area contributed by atoms with Crippen molar-refractivity contribution in [1.29, 1.82) is 0 Å². The number of nitrogens with one attached hydrogen (secondary N) is 1. The molecule has 2 aromatic carbocycles. The van der Waals surface area contributed by atoms with Crippen molar-refractivity contribution in [2.24, 2.45) is 5.73 Å². The third kappa shape index (κ3) is 4.50. The highest BCUT2D eigenvalue weighted by molar-refractivity contribution is 5.92. The molecule has 21 heavy (non-hydrogen) atoms. The summed E-state index contributed by atoms with van der Waals surface area (Å²) in [5, 5.41) is 2.75. The lowest BCUT2D eigenvalue weighted by atomic mass is 10.2. The smallest absolute Gasteiger partial charge is 0.262 e. The topological polar surface area (TPSA) is 73.6 Å². The van der Waals surface area contributed by atoms with Gasteiger partial charge in [0.2, 0.25) is 0 Å². The lowest BCUT2D eigenvalue weighted by Crippen LogP contribution is -2.20. The van der Waals surface area contributed by atoms with E-state index in [1.165, 1.54) is 0 Å². The van der Waals surface area contributed by atoms with Gasteiger partial charge in [-0.15, -0.1) is 0 Å². The van der Waals surface area contributed by atoms with Crippen LogP contribution in [0.2, 0.25) is 0 Å². The Balaban J connectivity index is 1.89. The zero-order valence-corrected chi connectivity index (χ0v) is 11.8. The van der Waals surface area contributed by atoms with Crippen LogP contribution in [0.15, 0.2) is 48.5 Å². The monoisotopic (exact) mass is 286 g/mol. The van der Waals surface area contributed by atoms with E-state index in [9.17, 15) is 4.79 Å². The van der Waals surface area contributed by atoms with Gasteiger partial charge in [0.15, 0.2) is 6.61 Å². The summed E-state index contributed by atoms with van der Waals surface area (Å²) >= 11 is 0. The molecule has 0 aliphatic heterocycles. The van der Waals surface area contributed by atoms with E-state index >= 15 is 0 Å². The molecule has 0 fully saturated rings. The number of rotatable bonds is 6. The van der Waals surface area contributed by atoms with Gasteiger partial charge in [0.1, 0.15) is 11.5 Å². The van der Waals surface area contributed by atoms with Crippen LogP contribution >= 0.6 is 0 Å². The van der Waals surface area contributed by atoms with E-state index in [0.29, 0.717) is 23.7 Å². The highest BCUT2D eigenvalue weighted by Gasteiger charge is 2.05. The van der Waals surface area contributed by atoms with Crippen molar-refractivity contribution in [3.05, 3.63) is 54.1 Å². The van der Waals surface area contributed by atoms with Crippen LogP contribution in [0.3, 0.4) is 0 Å². The number of ether oxygens (including phenoxy) is 2. The molecule has 110 valence electrons. The van der Waals surface area contributed by atoms with E-state index in [2.05, 4.69) is 5.32 Å². The normalized spacial score (nSPS) is 10.0. The van der Waals surface area contributed by atoms with E-state index in [1.807, 2.05) is 24.3 Å². The molecule has 0 saturated heterocycles. The second-order valence-electron chi connectivity index (χ2n) is 4.42. The van der Waals surface area contributed by atoms with Crippen molar-refractivity contribution in [3.8, 4) is 11.5 Å². The van der Waals surface area contributed by atoms with Crippen molar-refractivity contribution in [1.82, 2.24) is 0 Å². The predicted octanol–water partition coefficient (Wildman–Crippen LogP) is 2.17. The molecule has 1 amide bonds. The molecule has 0 spiro atoms. The van der Waals surface area contributed by atoms with Crippen LogP contribution in [-0.4, -0.2) is 19.6 Å². The number of hydrogen-bond acceptors (Lipinski definition) is 4. The number of amides is 1. The van der Waals surface area contributed by atoms with Crippen LogP contribution in [0.4, 0.5) is 5.69 Å². The van der Waals surface area contributed by atoms with Crippen molar-refractivity contribution in [2.75, 3.05) is 19.0 Å². The standard InChI is InChI=1S/C16H18N2O3/c1-20-14-6-3-5-13(9-14)18-16(19)11-21-15-7-2-4-12(8-15)10-17/h2-9H,10-11,17H2,1H3,(H,18,19). The summed E-state index contributed by atoms with van der Waals surface area (Å²) in [6, 6.07) is 14.5. The van der Waals surface area contributed by atoms with Gasteiger partial charge in [0, 0.05) is 18.3 Å². The Morgan fingerprint density at radius 1 is 1.14 bits per heavy atom. The Bertz CT molecular complexity index is 614. The maximum absolute atomic E-state index is 11.8. The van der Waals surface area contributed by atoms with Crippen molar-refractivity contribution in [2.45, 2.75) is 6.54 Å². The third-order valence-electron chi connectivity index (χ3n) is 2.86. The first-order valence-electron chi connectivity index (χ1n) is 6.57. The first-order chi connectivity index (χ1) is 10.2. The molecule has 5 heteroatoms. The van der Waals surface area contributed by atoms with Gasteiger partial charge in [-0.05, 0) is 29.8 Å². The summed E-state index contributed by atoms with van der Waals surface area (Å²) in [6.07, 6.45) is 0. The number of anilines is 1. The van der Waals surface area contributed by atoms with Gasteiger partial charge in [-0.3, -0.25) is 4.79 Å². The van der Waals surface area contributed by atoms with Gasteiger partial charge in [0.05, 0.1) is 7.11 Å². The number of hydrogen-bond donors (Lipinski definition) is 2. The molecule has 0 unspecified atom stereocenters. The fraction of sp³-hybridized carbons (Fsp3) is 0.188. The molecule has 0 bridgehead atoms. The number of carbonyl (C=O) groups is 1. The van der Waals surface area contributed by atoms with Crippen LogP contribution in [0.5, 0.6) is 11.5 Å². The van der Waals surface area contributed by atoms with E-state index in [4.69, 9.17) is 15.2 Å². The molecule has 3 N–H and O–H groups in total. The van der Waals surface area contributed by atoms with Gasteiger partial charge >= 0.3 is 0 Å². The predicted molar refractivity (Wildman–Crippen MR) is 81.5 cm³/mol. The van der Waals surface area contributed by atoms with E-state index < -0.39 is 0 Å². The lowest BCUT2D eigenvalue weighted by molar-refractivity contribution is -0.118. The number of benzene rings is 2. The summed E-state index contributed by atoms with van der Waals surface area (Å²) in [5.41, 5.74) is 7.18. The van der Waals surface area contributed by atoms with Crippen LogP contribution < -0.4 is 20.5 Å². The molecule has 0 heterocycles. The largest absolute Gasteiger partial charge is 0.497 e. The highest BCUT2D eigenvalue weighted by atomic mass is 16.5. The second-order valence-corrected chi connectivity index (χ2v) is 4.42. The van der Waals surface area contributed by atoms with Gasteiger partial charge in [-0.25, -0.2) is 0 Å². The minimum absolute atomic E-state index is 0.0643. The maximum Gasteiger partial charge on any atom is 0.262 e. The Morgan fingerprint density at radius 2 is 1.90 bits per heavy atom. The maximum atomic E-state index is 11.8. The minimum Gasteiger partial charge on any atom is -0.497 e. The van der Waals surface area contributed by atoms with Crippen LogP contribution in [0.1, 0.15) is 5.56 Å². The summed E-state index contributed by atoms with van der Waals surface area (Å²) in [7, 11) is 1.58. The summed E-state index contributed by atoms with van der Waals surface area (Å²) < 4.78 is 10.5. The van der Waals surface area contributed by atoms with Gasteiger partial charge in [-0.1, -0.05) is 18.2 Å². The van der Waals surface area contributed by atoms with E-state index in [1.54, 1.807) is 31.4 Å². The molecule has 0 saturated carbocycles. The summed E-state index contributed by atoms with van der Waals surface area (Å²) in [6.45, 7) is 0.373. The summed E-state index contributed by atoms with van der Waals surface area (Å²) in [4.78, 5) is 11.8. The third-order valence-corrected chi connectivity index (χ3v) is 2.86.